The van der Waals surface area contributed by atoms with Gasteiger partial charge in [-0.2, -0.15) is 0 Å². The summed E-state index contributed by atoms with van der Waals surface area (Å²) in [4.78, 5) is 21.4. The molecule has 0 aromatic heterocycles. The molecular formula is C7H7NO4S. The Balaban J connectivity index is 2.87. The van der Waals surface area contributed by atoms with Crippen molar-refractivity contribution < 1.29 is 18.0 Å². The SMILES string of the molecule is CS(=O)(=O)NC1=CC(=O)C(=O)C=C1. The van der Waals surface area contributed by atoms with Crippen molar-refractivity contribution in [3.63, 3.8) is 0 Å². The zero-order valence-electron chi connectivity index (χ0n) is 6.77. The molecule has 70 valence electrons. The second-order valence-electron chi connectivity index (χ2n) is 2.54. The molecular weight excluding hydrogens is 194 g/mol. The summed E-state index contributed by atoms with van der Waals surface area (Å²) in [6, 6.07) is 0. The van der Waals surface area contributed by atoms with Crippen LogP contribution in [-0.2, 0) is 19.6 Å². The number of allylic oxidation sites excluding steroid dienone is 3. The molecule has 0 aliphatic heterocycles. The van der Waals surface area contributed by atoms with Gasteiger partial charge in [0.25, 0.3) is 0 Å². The molecule has 0 radical (unpaired) electrons. The van der Waals surface area contributed by atoms with Crippen molar-refractivity contribution in [2.24, 2.45) is 0 Å². The van der Waals surface area contributed by atoms with Gasteiger partial charge in [-0.3, -0.25) is 14.3 Å². The molecule has 13 heavy (non-hydrogen) atoms. The van der Waals surface area contributed by atoms with Crippen LogP contribution < -0.4 is 4.72 Å². The van der Waals surface area contributed by atoms with E-state index in [4.69, 9.17) is 0 Å². The zero-order chi connectivity index (χ0) is 10.1. The van der Waals surface area contributed by atoms with E-state index in [9.17, 15) is 18.0 Å². The molecule has 0 aromatic rings. The van der Waals surface area contributed by atoms with Gasteiger partial charge in [0.05, 0.1) is 12.0 Å². The van der Waals surface area contributed by atoms with Gasteiger partial charge >= 0.3 is 0 Å². The highest BCUT2D eigenvalue weighted by atomic mass is 32.2. The standard InChI is InChI=1S/C7H7NO4S/c1-13(11,12)8-5-2-3-6(9)7(10)4-5/h2-4,8H,1H3. The minimum absolute atomic E-state index is 0.104. The molecule has 0 amide bonds. The van der Waals surface area contributed by atoms with Crippen molar-refractivity contribution in [2.75, 3.05) is 6.26 Å². The van der Waals surface area contributed by atoms with Gasteiger partial charge in [0, 0.05) is 6.08 Å². The summed E-state index contributed by atoms with van der Waals surface area (Å²) in [6.45, 7) is 0. The zero-order valence-corrected chi connectivity index (χ0v) is 7.59. The summed E-state index contributed by atoms with van der Waals surface area (Å²) < 4.78 is 23.5. The number of ketones is 2. The lowest BCUT2D eigenvalue weighted by Crippen LogP contribution is -2.24. The van der Waals surface area contributed by atoms with Gasteiger partial charge in [0.2, 0.25) is 21.6 Å². The largest absolute Gasteiger partial charge is 0.286 e. The van der Waals surface area contributed by atoms with E-state index in [0.717, 1.165) is 18.4 Å². The van der Waals surface area contributed by atoms with E-state index in [2.05, 4.69) is 4.72 Å². The van der Waals surface area contributed by atoms with Crippen LogP contribution in [0.4, 0.5) is 0 Å². The van der Waals surface area contributed by atoms with Gasteiger partial charge in [-0.1, -0.05) is 0 Å². The number of sulfonamides is 1. The van der Waals surface area contributed by atoms with E-state index in [0.29, 0.717) is 0 Å². The summed E-state index contributed by atoms with van der Waals surface area (Å²) >= 11 is 0. The van der Waals surface area contributed by atoms with Crippen LogP contribution in [-0.4, -0.2) is 26.2 Å². The van der Waals surface area contributed by atoms with E-state index in [1.54, 1.807) is 0 Å². The van der Waals surface area contributed by atoms with Gasteiger partial charge in [0.15, 0.2) is 0 Å². The predicted molar refractivity (Wildman–Crippen MR) is 45.2 cm³/mol. The molecule has 0 fully saturated rings. The highest BCUT2D eigenvalue weighted by Crippen LogP contribution is 2.02. The van der Waals surface area contributed by atoms with E-state index in [-0.39, 0.29) is 5.70 Å². The van der Waals surface area contributed by atoms with Crippen LogP contribution in [0.15, 0.2) is 23.9 Å². The monoisotopic (exact) mass is 201 g/mol. The first-order chi connectivity index (χ1) is 5.88. The van der Waals surface area contributed by atoms with Gasteiger partial charge in [0.1, 0.15) is 0 Å². The fourth-order valence-electron chi connectivity index (χ4n) is 0.786. The second-order valence-corrected chi connectivity index (χ2v) is 4.28. The summed E-state index contributed by atoms with van der Waals surface area (Å²) in [5.41, 5.74) is 0.104. The van der Waals surface area contributed by atoms with E-state index >= 15 is 0 Å². The highest BCUT2D eigenvalue weighted by molar-refractivity contribution is 7.88. The van der Waals surface area contributed by atoms with Crippen LogP contribution in [0, 0.1) is 0 Å². The van der Waals surface area contributed by atoms with Gasteiger partial charge in [-0.25, -0.2) is 8.42 Å². The third-order valence-corrected chi connectivity index (χ3v) is 1.85. The molecule has 0 atom stereocenters. The summed E-state index contributed by atoms with van der Waals surface area (Å²) in [6.07, 6.45) is 4.17. The molecule has 0 bridgehead atoms. The fourth-order valence-corrected chi connectivity index (χ4v) is 1.34. The number of carbonyl (C=O) groups excluding carboxylic acids is 2. The fraction of sp³-hybridized carbons (Fsp3) is 0.143. The Bertz CT molecular complexity index is 416. The number of nitrogens with one attached hydrogen (secondary N) is 1. The van der Waals surface area contributed by atoms with Gasteiger partial charge in [-0.05, 0) is 12.2 Å². The lowest BCUT2D eigenvalue weighted by molar-refractivity contribution is -0.131. The molecule has 1 rings (SSSR count). The first-order valence-electron chi connectivity index (χ1n) is 3.34. The number of carbonyl (C=O) groups is 2. The van der Waals surface area contributed by atoms with Crippen LogP contribution in [0.5, 0.6) is 0 Å². The van der Waals surface area contributed by atoms with Gasteiger partial charge in [-0.15, -0.1) is 0 Å². The average Bonchev–Trinajstić information content (AvgIpc) is 1.94. The van der Waals surface area contributed by atoms with Crippen molar-refractivity contribution >= 4 is 21.6 Å². The Labute approximate surface area is 75.2 Å². The number of hydrogen-bond donors (Lipinski definition) is 1. The maximum atomic E-state index is 10.8. The topological polar surface area (TPSA) is 80.3 Å². The average molecular weight is 201 g/mol. The van der Waals surface area contributed by atoms with Crippen molar-refractivity contribution in [1.82, 2.24) is 4.72 Å². The molecule has 0 spiro atoms. The molecule has 0 aromatic carbocycles. The first-order valence-corrected chi connectivity index (χ1v) is 5.23. The van der Waals surface area contributed by atoms with E-state index in [1.165, 1.54) is 6.08 Å². The van der Waals surface area contributed by atoms with Gasteiger partial charge < -0.3 is 0 Å². The van der Waals surface area contributed by atoms with Crippen LogP contribution in [0.3, 0.4) is 0 Å². The molecule has 6 heteroatoms. The normalized spacial score (nSPS) is 17.2. The highest BCUT2D eigenvalue weighted by Gasteiger charge is 2.14. The van der Waals surface area contributed by atoms with E-state index < -0.39 is 21.6 Å². The molecule has 0 heterocycles. The molecule has 5 nitrogen and oxygen atoms in total. The number of hydrogen-bond acceptors (Lipinski definition) is 4. The molecule has 0 saturated carbocycles. The predicted octanol–water partition coefficient (Wildman–Crippen LogP) is -0.873. The Morgan fingerprint density at radius 1 is 1.15 bits per heavy atom. The minimum atomic E-state index is -3.40. The van der Waals surface area contributed by atoms with Crippen molar-refractivity contribution in [3.05, 3.63) is 23.9 Å². The Hall–Kier alpha value is -1.43. The third-order valence-electron chi connectivity index (χ3n) is 1.25. The van der Waals surface area contributed by atoms with Crippen molar-refractivity contribution in [1.29, 1.82) is 0 Å². The van der Waals surface area contributed by atoms with Crippen LogP contribution in [0.25, 0.3) is 0 Å². The number of rotatable bonds is 2. The lowest BCUT2D eigenvalue weighted by Gasteiger charge is -2.06. The summed E-state index contributed by atoms with van der Waals surface area (Å²) in [7, 11) is -3.40. The molecule has 1 aliphatic carbocycles. The lowest BCUT2D eigenvalue weighted by atomic mass is 10.1. The maximum Gasteiger partial charge on any atom is 0.229 e. The smallest absolute Gasteiger partial charge is 0.229 e. The minimum Gasteiger partial charge on any atom is -0.286 e. The molecule has 1 N–H and O–H groups in total. The molecule has 1 aliphatic rings. The van der Waals surface area contributed by atoms with Crippen LogP contribution >= 0.6 is 0 Å². The second kappa shape index (κ2) is 3.14. The Kier molecular flexibility index (Phi) is 2.33. The van der Waals surface area contributed by atoms with E-state index in [1.807, 2.05) is 0 Å². The van der Waals surface area contributed by atoms with Crippen molar-refractivity contribution in [3.8, 4) is 0 Å². The first kappa shape index (κ1) is 9.66. The van der Waals surface area contributed by atoms with Crippen molar-refractivity contribution in [2.45, 2.75) is 0 Å². The van der Waals surface area contributed by atoms with Crippen LogP contribution in [0.2, 0.25) is 0 Å². The Morgan fingerprint density at radius 2 is 1.77 bits per heavy atom. The summed E-state index contributed by atoms with van der Waals surface area (Å²) in [5, 5.41) is 0. The quantitative estimate of drug-likeness (QED) is 0.465. The van der Waals surface area contributed by atoms with Crippen LogP contribution in [0.1, 0.15) is 0 Å². The summed E-state index contributed by atoms with van der Waals surface area (Å²) in [5.74, 6) is -1.38. The molecule has 0 unspecified atom stereocenters. The third kappa shape index (κ3) is 2.83. The maximum absolute atomic E-state index is 10.8. The molecule has 0 saturated heterocycles. The Morgan fingerprint density at radius 3 is 2.23 bits per heavy atom.